The number of rotatable bonds is 63. The molecule has 0 aromatic rings. The molecule has 4 N–H and O–H groups in total. The van der Waals surface area contributed by atoms with Crippen molar-refractivity contribution in [1.82, 2.24) is 5.32 Å². The highest BCUT2D eigenvalue weighted by molar-refractivity contribution is 5.76. The molecule has 1 amide bonds. The van der Waals surface area contributed by atoms with Crippen LogP contribution in [0.2, 0.25) is 0 Å². The Hall–Kier alpha value is -0.910. The Morgan fingerprint density at radius 3 is 0.806 bits per heavy atom. The maximum Gasteiger partial charge on any atom is 0.220 e. The molecule has 72 heavy (non-hydrogen) atoms. The smallest absolute Gasteiger partial charge is 0.220 e. The van der Waals surface area contributed by atoms with E-state index in [1.54, 1.807) is 0 Å². The second kappa shape index (κ2) is 62.6. The number of unbranched alkanes of at least 4 members (excludes halogenated alkanes) is 53. The first-order valence-corrected chi connectivity index (χ1v) is 33.5. The van der Waals surface area contributed by atoms with Gasteiger partial charge in [0, 0.05) is 6.42 Å². The molecule has 0 aliphatic heterocycles. The van der Waals surface area contributed by atoms with Gasteiger partial charge < -0.3 is 20.6 Å². The molecule has 0 bridgehead atoms. The highest BCUT2D eigenvalue weighted by Gasteiger charge is 2.26. The summed E-state index contributed by atoms with van der Waals surface area (Å²) in [6, 6.07) is -0.807. The molecule has 0 aromatic carbocycles. The van der Waals surface area contributed by atoms with Crippen molar-refractivity contribution in [2.45, 2.75) is 405 Å². The Morgan fingerprint density at radius 2 is 0.556 bits per heavy atom. The van der Waals surface area contributed by atoms with Gasteiger partial charge in [0.25, 0.3) is 0 Å². The van der Waals surface area contributed by atoms with Gasteiger partial charge >= 0.3 is 0 Å². The van der Waals surface area contributed by atoms with Crippen molar-refractivity contribution in [1.29, 1.82) is 0 Å². The predicted molar refractivity (Wildman–Crippen MR) is 319 cm³/mol. The summed E-state index contributed by atoms with van der Waals surface area (Å²) in [6.07, 6.45) is 80.0. The van der Waals surface area contributed by atoms with E-state index in [4.69, 9.17) is 0 Å². The average molecular weight is 1020 g/mol. The topological polar surface area (TPSA) is 89.8 Å². The number of allylic oxidation sites excluding steroid dienone is 2. The summed E-state index contributed by atoms with van der Waals surface area (Å²) in [5, 5.41) is 33.9. The van der Waals surface area contributed by atoms with Crippen LogP contribution in [0.3, 0.4) is 0 Å². The lowest BCUT2D eigenvalue weighted by molar-refractivity contribution is -0.124. The van der Waals surface area contributed by atoms with Gasteiger partial charge in [-0.1, -0.05) is 353 Å². The van der Waals surface area contributed by atoms with E-state index in [1.165, 1.54) is 327 Å². The zero-order valence-electron chi connectivity index (χ0n) is 49.4. The Morgan fingerprint density at radius 1 is 0.333 bits per heavy atom. The minimum absolute atomic E-state index is 0.136. The van der Waals surface area contributed by atoms with Crippen LogP contribution in [0, 0.1) is 0 Å². The number of nitrogens with one attached hydrogen (secondary N) is 1. The van der Waals surface area contributed by atoms with Crippen molar-refractivity contribution >= 4 is 5.91 Å². The van der Waals surface area contributed by atoms with E-state index in [-0.39, 0.29) is 12.5 Å². The fourth-order valence-electron chi connectivity index (χ4n) is 11.0. The predicted octanol–water partition coefficient (Wildman–Crippen LogP) is 21.4. The third kappa shape index (κ3) is 56.8. The molecule has 5 heteroatoms. The minimum atomic E-state index is -1.13. The third-order valence-corrected chi connectivity index (χ3v) is 16.1. The van der Waals surface area contributed by atoms with Crippen LogP contribution in [-0.4, -0.2) is 46.1 Å². The Bertz CT molecular complexity index is 1030. The van der Waals surface area contributed by atoms with E-state index in [0.29, 0.717) is 12.8 Å². The van der Waals surface area contributed by atoms with Gasteiger partial charge in [-0.2, -0.15) is 0 Å². The van der Waals surface area contributed by atoms with Crippen LogP contribution in [0.1, 0.15) is 386 Å². The summed E-state index contributed by atoms with van der Waals surface area (Å²) in [6.45, 7) is 4.23. The van der Waals surface area contributed by atoms with Crippen LogP contribution in [0.15, 0.2) is 12.2 Å². The van der Waals surface area contributed by atoms with E-state index >= 15 is 0 Å². The first kappa shape index (κ1) is 71.1. The summed E-state index contributed by atoms with van der Waals surface area (Å²) >= 11 is 0. The minimum Gasteiger partial charge on any atom is -0.394 e. The van der Waals surface area contributed by atoms with Crippen molar-refractivity contribution in [3.05, 3.63) is 12.2 Å². The van der Waals surface area contributed by atoms with Crippen LogP contribution >= 0.6 is 0 Å². The second-order valence-electron chi connectivity index (χ2n) is 23.4. The molecule has 430 valence electrons. The first-order valence-electron chi connectivity index (χ1n) is 33.5. The molecule has 0 radical (unpaired) electrons. The van der Waals surface area contributed by atoms with E-state index in [9.17, 15) is 20.1 Å². The number of hydrogen-bond acceptors (Lipinski definition) is 4. The van der Waals surface area contributed by atoms with Crippen molar-refractivity contribution in [3.63, 3.8) is 0 Å². The largest absolute Gasteiger partial charge is 0.394 e. The lowest BCUT2D eigenvalue weighted by Gasteiger charge is -2.26. The lowest BCUT2D eigenvalue weighted by atomic mass is 9.99. The van der Waals surface area contributed by atoms with Crippen LogP contribution < -0.4 is 5.32 Å². The summed E-state index contributed by atoms with van der Waals surface area (Å²) < 4.78 is 0. The molecule has 3 unspecified atom stereocenters. The Kier molecular flexibility index (Phi) is 61.8. The highest BCUT2D eigenvalue weighted by Crippen LogP contribution is 2.19. The number of amides is 1. The molecule has 0 heterocycles. The van der Waals surface area contributed by atoms with Gasteiger partial charge in [-0.05, 0) is 38.5 Å². The highest BCUT2D eigenvalue weighted by atomic mass is 16.3. The van der Waals surface area contributed by atoms with Gasteiger partial charge in [0.15, 0.2) is 0 Å². The van der Waals surface area contributed by atoms with Crippen LogP contribution in [0.5, 0.6) is 0 Å². The molecule has 0 aliphatic rings. The van der Waals surface area contributed by atoms with Gasteiger partial charge in [0.2, 0.25) is 5.91 Å². The fourth-order valence-corrected chi connectivity index (χ4v) is 11.0. The molecule has 0 aliphatic carbocycles. The van der Waals surface area contributed by atoms with Gasteiger partial charge in [-0.3, -0.25) is 4.79 Å². The monoisotopic (exact) mass is 1020 g/mol. The Balaban J connectivity index is 3.42. The quantitative estimate of drug-likeness (QED) is 0.0361. The SMILES string of the molecule is CCCCCCCCCCCCCCCCCCCC/C=C\CCCCCCCCCCCCCCCCCCCC(=O)NC(CO)C(O)C(O)CCCCCCCCCCCCCCCCCCCCC. The Labute approximate surface area is 452 Å². The first-order chi connectivity index (χ1) is 35.6. The summed E-state index contributed by atoms with van der Waals surface area (Å²) in [4.78, 5) is 12.6. The van der Waals surface area contributed by atoms with Crippen LogP contribution in [0.4, 0.5) is 0 Å². The number of aliphatic hydroxyl groups is 3. The summed E-state index contributed by atoms with van der Waals surface area (Å²) in [7, 11) is 0. The number of hydrogen-bond donors (Lipinski definition) is 4. The fraction of sp³-hybridized carbons (Fsp3) is 0.955. The molecular weight excluding hydrogens is 883 g/mol. The summed E-state index contributed by atoms with van der Waals surface area (Å²) in [5.41, 5.74) is 0. The molecule has 0 saturated carbocycles. The van der Waals surface area contributed by atoms with Crippen molar-refractivity contribution in [2.75, 3.05) is 6.61 Å². The maximum absolute atomic E-state index is 12.6. The maximum atomic E-state index is 12.6. The summed E-state index contributed by atoms with van der Waals surface area (Å²) in [5.74, 6) is -0.136. The zero-order chi connectivity index (χ0) is 52.2. The zero-order valence-corrected chi connectivity index (χ0v) is 49.4. The van der Waals surface area contributed by atoms with Crippen LogP contribution in [-0.2, 0) is 4.79 Å². The van der Waals surface area contributed by atoms with E-state index in [0.717, 1.165) is 32.1 Å². The number of carbonyl (C=O) groups excluding carboxylic acids is 1. The standard InChI is InChI=1S/C67H133NO4/c1-3-5-7-9-11-13-15-17-19-21-23-24-25-26-27-28-29-30-31-32-33-34-35-36-37-38-39-40-41-42-44-46-48-50-52-54-56-58-60-62-66(71)68-64(63-69)67(72)65(70)61-59-57-55-53-51-49-47-45-43-22-20-18-16-14-12-10-8-6-4-2/h32-33,64-65,67,69-70,72H,3-31,34-63H2,1-2H3,(H,68,71)/b33-32-. The van der Waals surface area contributed by atoms with Gasteiger partial charge in [0.05, 0.1) is 18.8 Å². The second-order valence-corrected chi connectivity index (χ2v) is 23.4. The van der Waals surface area contributed by atoms with Gasteiger partial charge in [-0.15, -0.1) is 0 Å². The molecule has 0 saturated heterocycles. The van der Waals surface area contributed by atoms with Gasteiger partial charge in [-0.25, -0.2) is 0 Å². The molecular formula is C67H133NO4. The molecule has 3 atom stereocenters. The van der Waals surface area contributed by atoms with Crippen molar-refractivity contribution < 1.29 is 20.1 Å². The van der Waals surface area contributed by atoms with E-state index in [1.807, 2.05) is 0 Å². The lowest BCUT2D eigenvalue weighted by Crippen LogP contribution is -2.50. The average Bonchev–Trinajstić information content (AvgIpc) is 3.39. The normalized spacial score (nSPS) is 13.1. The van der Waals surface area contributed by atoms with E-state index in [2.05, 4.69) is 31.3 Å². The number of aliphatic hydroxyl groups excluding tert-OH is 3. The molecule has 5 nitrogen and oxygen atoms in total. The van der Waals surface area contributed by atoms with E-state index < -0.39 is 18.2 Å². The van der Waals surface area contributed by atoms with Crippen LogP contribution in [0.25, 0.3) is 0 Å². The molecule has 0 rings (SSSR count). The molecule has 0 spiro atoms. The third-order valence-electron chi connectivity index (χ3n) is 16.1. The van der Waals surface area contributed by atoms with Crippen molar-refractivity contribution in [3.8, 4) is 0 Å². The molecule has 0 aromatic heterocycles. The van der Waals surface area contributed by atoms with Gasteiger partial charge in [0.1, 0.15) is 6.10 Å². The molecule has 0 fully saturated rings. The van der Waals surface area contributed by atoms with Crippen molar-refractivity contribution in [2.24, 2.45) is 0 Å². The number of carbonyl (C=O) groups is 1.